The third-order valence-electron chi connectivity index (χ3n) is 1.76. The van der Waals surface area contributed by atoms with Gasteiger partial charge in [-0.1, -0.05) is 6.07 Å². The van der Waals surface area contributed by atoms with Crippen LogP contribution in [0.3, 0.4) is 0 Å². The fraction of sp³-hybridized carbons (Fsp3) is 0.222. The molecule has 0 spiro atoms. The Hall–Kier alpha value is -1.72. The van der Waals surface area contributed by atoms with E-state index in [1.807, 2.05) is 0 Å². The van der Waals surface area contributed by atoms with Crippen molar-refractivity contribution >= 4 is 5.97 Å². The summed E-state index contributed by atoms with van der Waals surface area (Å²) in [5.74, 6) is -2.14. The maximum absolute atomic E-state index is 12.5. The van der Waals surface area contributed by atoms with E-state index < -0.39 is 29.0 Å². The van der Waals surface area contributed by atoms with Crippen LogP contribution < -0.4 is 4.74 Å². The quantitative estimate of drug-likeness (QED) is 0.832. The number of hydrogen-bond acceptors (Lipinski definition) is 2. The molecule has 1 aromatic rings. The molecule has 0 saturated carbocycles. The Kier molecular flexibility index (Phi) is 2.88. The lowest BCUT2D eigenvalue weighted by Gasteiger charge is -2.13. The molecular formula is C9H7F3O3. The Morgan fingerprint density at radius 3 is 2.40 bits per heavy atom. The molecule has 0 saturated heterocycles. The molecule has 1 N–H and O–H groups in total. The number of alkyl halides is 3. The van der Waals surface area contributed by atoms with Crippen LogP contribution >= 0.6 is 0 Å². The first-order chi connectivity index (χ1) is 6.88. The highest BCUT2D eigenvalue weighted by molar-refractivity contribution is 5.90. The molecule has 0 aliphatic carbocycles. The first kappa shape index (κ1) is 11.4. The van der Waals surface area contributed by atoms with Crippen molar-refractivity contribution in [2.45, 2.75) is 6.18 Å². The van der Waals surface area contributed by atoms with Crippen LogP contribution in [-0.2, 0) is 6.18 Å². The summed E-state index contributed by atoms with van der Waals surface area (Å²) in [5, 5.41) is 8.59. The molecule has 0 amide bonds. The van der Waals surface area contributed by atoms with Crippen LogP contribution in [0.5, 0.6) is 5.75 Å². The van der Waals surface area contributed by atoms with E-state index in [4.69, 9.17) is 5.11 Å². The summed E-state index contributed by atoms with van der Waals surface area (Å²) in [7, 11) is 1.05. The zero-order valence-corrected chi connectivity index (χ0v) is 7.63. The standard InChI is InChI=1S/C9H7F3O3/c1-15-6-4-2-3-5(8(13)14)7(6)9(10,11)12/h2-4H,1H3,(H,13,14). The Morgan fingerprint density at radius 2 is 2.00 bits per heavy atom. The van der Waals surface area contributed by atoms with Gasteiger partial charge in [0.15, 0.2) is 0 Å². The molecule has 0 bridgehead atoms. The van der Waals surface area contributed by atoms with E-state index in [1.165, 1.54) is 6.07 Å². The number of aromatic carboxylic acids is 1. The first-order valence-corrected chi connectivity index (χ1v) is 3.85. The van der Waals surface area contributed by atoms with Crippen LogP contribution in [0.2, 0.25) is 0 Å². The first-order valence-electron chi connectivity index (χ1n) is 3.85. The monoisotopic (exact) mass is 220 g/mol. The van der Waals surface area contributed by atoms with Gasteiger partial charge < -0.3 is 9.84 Å². The summed E-state index contributed by atoms with van der Waals surface area (Å²) in [5.41, 5.74) is -2.08. The Labute approximate surface area is 83.1 Å². The van der Waals surface area contributed by atoms with Crippen molar-refractivity contribution in [2.24, 2.45) is 0 Å². The number of carboxylic acids is 1. The smallest absolute Gasteiger partial charge is 0.420 e. The van der Waals surface area contributed by atoms with Crippen molar-refractivity contribution < 1.29 is 27.8 Å². The van der Waals surface area contributed by atoms with E-state index in [0.717, 1.165) is 19.2 Å². The number of halogens is 3. The Bertz CT molecular complexity index is 385. The van der Waals surface area contributed by atoms with E-state index in [2.05, 4.69) is 4.74 Å². The van der Waals surface area contributed by atoms with Gasteiger partial charge in [0.25, 0.3) is 0 Å². The average molecular weight is 220 g/mol. The number of hydrogen-bond donors (Lipinski definition) is 1. The number of carboxylic acid groups (broad SMARTS) is 1. The second kappa shape index (κ2) is 3.80. The minimum absolute atomic E-state index is 0.498. The zero-order chi connectivity index (χ0) is 11.6. The third-order valence-corrected chi connectivity index (χ3v) is 1.76. The van der Waals surface area contributed by atoms with E-state index in [1.54, 1.807) is 0 Å². The molecule has 0 unspecified atom stereocenters. The van der Waals surface area contributed by atoms with E-state index in [-0.39, 0.29) is 0 Å². The van der Waals surface area contributed by atoms with Gasteiger partial charge in [-0.25, -0.2) is 4.79 Å². The molecule has 0 aromatic heterocycles. The summed E-state index contributed by atoms with van der Waals surface area (Å²) in [6.45, 7) is 0. The second-order valence-electron chi connectivity index (χ2n) is 2.69. The van der Waals surface area contributed by atoms with E-state index in [9.17, 15) is 18.0 Å². The highest BCUT2D eigenvalue weighted by atomic mass is 19.4. The summed E-state index contributed by atoms with van der Waals surface area (Å²) >= 11 is 0. The molecule has 0 atom stereocenters. The van der Waals surface area contributed by atoms with Crippen molar-refractivity contribution in [2.75, 3.05) is 7.11 Å². The molecule has 0 radical (unpaired) electrons. The summed E-state index contributed by atoms with van der Waals surface area (Å²) in [6.07, 6.45) is -4.75. The number of methoxy groups -OCH3 is 1. The lowest BCUT2D eigenvalue weighted by atomic mass is 10.1. The van der Waals surface area contributed by atoms with Crippen LogP contribution in [0.4, 0.5) is 13.2 Å². The molecule has 6 heteroatoms. The Balaban J connectivity index is 3.47. The molecule has 0 aliphatic rings. The minimum atomic E-state index is -4.75. The summed E-state index contributed by atoms with van der Waals surface area (Å²) in [4.78, 5) is 10.6. The van der Waals surface area contributed by atoms with Gasteiger partial charge in [0.05, 0.1) is 12.7 Å². The normalized spacial score (nSPS) is 11.2. The summed E-state index contributed by atoms with van der Waals surface area (Å²) in [6, 6.07) is 3.14. The third kappa shape index (κ3) is 2.20. The van der Waals surface area contributed by atoms with E-state index in [0.29, 0.717) is 0 Å². The van der Waals surface area contributed by atoms with Crippen LogP contribution in [0.15, 0.2) is 18.2 Å². The predicted octanol–water partition coefficient (Wildman–Crippen LogP) is 2.41. The average Bonchev–Trinajstić information content (AvgIpc) is 2.15. The van der Waals surface area contributed by atoms with Gasteiger partial charge in [0.1, 0.15) is 11.3 Å². The van der Waals surface area contributed by atoms with Crippen LogP contribution in [0.25, 0.3) is 0 Å². The fourth-order valence-corrected chi connectivity index (χ4v) is 1.17. The molecule has 0 aliphatic heterocycles. The van der Waals surface area contributed by atoms with Crippen molar-refractivity contribution in [3.8, 4) is 5.75 Å². The minimum Gasteiger partial charge on any atom is -0.496 e. The van der Waals surface area contributed by atoms with Gasteiger partial charge in [-0.15, -0.1) is 0 Å². The second-order valence-corrected chi connectivity index (χ2v) is 2.69. The molecule has 1 rings (SSSR count). The summed E-state index contributed by atoms with van der Waals surface area (Å²) < 4.78 is 42.0. The highest BCUT2D eigenvalue weighted by Gasteiger charge is 2.38. The zero-order valence-electron chi connectivity index (χ0n) is 7.63. The van der Waals surface area contributed by atoms with Gasteiger partial charge >= 0.3 is 12.1 Å². The molecule has 0 fully saturated rings. The van der Waals surface area contributed by atoms with Crippen LogP contribution in [-0.4, -0.2) is 18.2 Å². The largest absolute Gasteiger partial charge is 0.496 e. The number of benzene rings is 1. The maximum Gasteiger partial charge on any atom is 0.420 e. The topological polar surface area (TPSA) is 46.5 Å². The molecule has 15 heavy (non-hydrogen) atoms. The van der Waals surface area contributed by atoms with Crippen LogP contribution in [0, 0.1) is 0 Å². The SMILES string of the molecule is COc1cccc(C(=O)O)c1C(F)(F)F. The fourth-order valence-electron chi connectivity index (χ4n) is 1.17. The predicted molar refractivity (Wildman–Crippen MR) is 45.0 cm³/mol. The lowest BCUT2D eigenvalue weighted by molar-refractivity contribution is -0.139. The lowest BCUT2D eigenvalue weighted by Crippen LogP contribution is -2.14. The van der Waals surface area contributed by atoms with Crippen molar-refractivity contribution in [3.05, 3.63) is 29.3 Å². The van der Waals surface area contributed by atoms with Gasteiger partial charge in [0.2, 0.25) is 0 Å². The number of carbonyl (C=O) groups is 1. The van der Waals surface area contributed by atoms with E-state index >= 15 is 0 Å². The molecule has 3 nitrogen and oxygen atoms in total. The number of rotatable bonds is 2. The highest BCUT2D eigenvalue weighted by Crippen LogP contribution is 2.38. The Morgan fingerprint density at radius 1 is 1.40 bits per heavy atom. The molecule has 1 aromatic carbocycles. The van der Waals surface area contributed by atoms with Crippen LogP contribution in [0.1, 0.15) is 15.9 Å². The van der Waals surface area contributed by atoms with Gasteiger partial charge in [0, 0.05) is 0 Å². The van der Waals surface area contributed by atoms with Gasteiger partial charge in [-0.05, 0) is 12.1 Å². The van der Waals surface area contributed by atoms with Crippen molar-refractivity contribution in [1.82, 2.24) is 0 Å². The molecule has 0 heterocycles. The molecular weight excluding hydrogens is 213 g/mol. The van der Waals surface area contributed by atoms with Crippen molar-refractivity contribution in [1.29, 1.82) is 0 Å². The van der Waals surface area contributed by atoms with Gasteiger partial charge in [-0.3, -0.25) is 0 Å². The van der Waals surface area contributed by atoms with Gasteiger partial charge in [-0.2, -0.15) is 13.2 Å². The van der Waals surface area contributed by atoms with Crippen molar-refractivity contribution in [3.63, 3.8) is 0 Å². The molecule has 82 valence electrons. The number of ether oxygens (including phenoxy) is 1. The maximum atomic E-state index is 12.5.